The number of amides is 1. The van der Waals surface area contributed by atoms with Crippen LogP contribution in [0.4, 0.5) is 4.79 Å². The van der Waals surface area contributed by atoms with E-state index in [0.717, 1.165) is 0 Å². The molecule has 114 valence electrons. The van der Waals surface area contributed by atoms with Gasteiger partial charge in [0.15, 0.2) is 11.5 Å². The molecule has 0 spiro atoms. The number of nitrogens with one attached hydrogen (secondary N) is 1. The molecule has 0 aromatic heterocycles. The van der Waals surface area contributed by atoms with Crippen molar-refractivity contribution >= 4 is 6.09 Å². The van der Waals surface area contributed by atoms with Crippen molar-refractivity contribution in [3.8, 4) is 17.2 Å². The van der Waals surface area contributed by atoms with E-state index in [1.54, 1.807) is 18.2 Å². The lowest BCUT2D eigenvalue weighted by Crippen LogP contribution is -2.37. The van der Waals surface area contributed by atoms with Crippen LogP contribution in [0.25, 0.3) is 0 Å². The maximum Gasteiger partial charge on any atom is 0.412 e. The number of fused-ring (bicyclic) bond motifs is 1. The first-order valence-electron chi connectivity index (χ1n) is 6.70. The predicted octanol–water partition coefficient (Wildman–Crippen LogP) is 2.63. The van der Waals surface area contributed by atoms with Gasteiger partial charge in [-0.05, 0) is 24.3 Å². The maximum atomic E-state index is 11.4. The Morgan fingerprint density at radius 2 is 1.86 bits per heavy atom. The van der Waals surface area contributed by atoms with Crippen LogP contribution in [0.5, 0.6) is 17.2 Å². The molecule has 2 aromatic rings. The zero-order valence-corrected chi connectivity index (χ0v) is 12.2. The van der Waals surface area contributed by atoms with Gasteiger partial charge in [-0.1, -0.05) is 24.3 Å². The molecule has 0 saturated heterocycles. The van der Waals surface area contributed by atoms with Gasteiger partial charge in [-0.15, -0.1) is 0 Å². The van der Waals surface area contributed by atoms with Crippen LogP contribution in [0, 0.1) is 0 Å². The van der Waals surface area contributed by atoms with Gasteiger partial charge in [0.1, 0.15) is 0 Å². The minimum atomic E-state index is -1.40. The van der Waals surface area contributed by atoms with E-state index >= 15 is 0 Å². The van der Waals surface area contributed by atoms with E-state index in [2.05, 4.69) is 5.32 Å². The highest BCUT2D eigenvalue weighted by Gasteiger charge is 2.46. The Morgan fingerprint density at radius 1 is 1.09 bits per heavy atom. The molecular formula is C16H15NO5. The summed E-state index contributed by atoms with van der Waals surface area (Å²) in [6.45, 7) is 0. The summed E-state index contributed by atoms with van der Waals surface area (Å²) in [7, 11) is 2.96. The van der Waals surface area contributed by atoms with Crippen LogP contribution >= 0.6 is 0 Å². The first-order chi connectivity index (χ1) is 10.7. The topological polar surface area (TPSA) is 66.0 Å². The van der Waals surface area contributed by atoms with Crippen LogP contribution in [-0.4, -0.2) is 20.3 Å². The number of para-hydroxylation sites is 1. The van der Waals surface area contributed by atoms with Gasteiger partial charge < -0.3 is 24.3 Å². The molecule has 0 radical (unpaired) electrons. The van der Waals surface area contributed by atoms with Gasteiger partial charge in [0, 0.05) is 14.2 Å². The van der Waals surface area contributed by atoms with Crippen LogP contribution in [-0.2, 0) is 10.7 Å². The SMILES string of the molecule is CNC(=O)Oc1cccc2c1OC(OC)(c1ccccc1)O2. The highest BCUT2D eigenvalue weighted by Crippen LogP contribution is 2.49. The van der Waals surface area contributed by atoms with Crippen molar-refractivity contribution in [2.24, 2.45) is 0 Å². The Labute approximate surface area is 127 Å². The largest absolute Gasteiger partial charge is 0.422 e. The third-order valence-electron chi connectivity index (χ3n) is 3.23. The molecule has 1 N–H and O–H groups in total. The molecule has 1 unspecified atom stereocenters. The molecule has 0 fully saturated rings. The molecule has 0 saturated carbocycles. The molecule has 6 heteroatoms. The number of benzene rings is 2. The molecule has 1 aliphatic heterocycles. The lowest BCUT2D eigenvalue weighted by atomic mass is 10.2. The van der Waals surface area contributed by atoms with Crippen LogP contribution in [0.2, 0.25) is 0 Å². The van der Waals surface area contributed by atoms with Crippen LogP contribution < -0.4 is 19.5 Å². The van der Waals surface area contributed by atoms with E-state index in [-0.39, 0.29) is 5.75 Å². The second-order valence-corrected chi connectivity index (χ2v) is 4.55. The minimum absolute atomic E-state index is 0.256. The average Bonchev–Trinajstić information content (AvgIpc) is 2.97. The number of ether oxygens (including phenoxy) is 4. The smallest absolute Gasteiger partial charge is 0.412 e. The van der Waals surface area contributed by atoms with Crippen molar-refractivity contribution in [1.82, 2.24) is 5.32 Å². The summed E-state index contributed by atoms with van der Waals surface area (Å²) in [6, 6.07) is 14.3. The maximum absolute atomic E-state index is 11.4. The van der Waals surface area contributed by atoms with Gasteiger partial charge in [0.2, 0.25) is 5.75 Å². The monoisotopic (exact) mass is 301 g/mol. The minimum Gasteiger partial charge on any atom is -0.422 e. The standard InChI is InChI=1S/C16H15NO5/c1-17-15(18)20-12-9-6-10-13-14(12)22-16(19-2,21-13)11-7-4-3-5-8-11/h3-10H,1-2H3,(H,17,18). The third kappa shape index (κ3) is 2.33. The molecule has 1 amide bonds. The number of hydrogen-bond acceptors (Lipinski definition) is 5. The van der Waals surface area contributed by atoms with E-state index in [0.29, 0.717) is 17.1 Å². The first-order valence-corrected chi connectivity index (χ1v) is 6.70. The van der Waals surface area contributed by atoms with Crippen molar-refractivity contribution in [3.63, 3.8) is 0 Å². The van der Waals surface area contributed by atoms with Crippen LogP contribution in [0.15, 0.2) is 48.5 Å². The first kappa shape index (κ1) is 14.2. The molecule has 0 bridgehead atoms. The fourth-order valence-electron chi connectivity index (χ4n) is 2.17. The van der Waals surface area contributed by atoms with Crippen LogP contribution in [0.3, 0.4) is 0 Å². The normalized spacial score (nSPS) is 18.8. The van der Waals surface area contributed by atoms with Crippen molar-refractivity contribution in [2.45, 2.75) is 5.97 Å². The van der Waals surface area contributed by atoms with E-state index in [1.807, 2.05) is 30.3 Å². The summed E-state index contributed by atoms with van der Waals surface area (Å²) in [6.07, 6.45) is -0.591. The van der Waals surface area contributed by atoms with Gasteiger partial charge in [-0.2, -0.15) is 0 Å². The zero-order valence-electron chi connectivity index (χ0n) is 12.2. The zero-order chi connectivity index (χ0) is 15.6. The second-order valence-electron chi connectivity index (χ2n) is 4.55. The van der Waals surface area contributed by atoms with Crippen LogP contribution in [0.1, 0.15) is 5.56 Å². The van der Waals surface area contributed by atoms with Gasteiger partial charge in [0.05, 0.1) is 5.56 Å². The third-order valence-corrected chi connectivity index (χ3v) is 3.23. The number of hydrogen-bond donors (Lipinski definition) is 1. The summed E-state index contributed by atoms with van der Waals surface area (Å²) < 4.78 is 22.3. The van der Waals surface area contributed by atoms with Crippen molar-refractivity contribution in [3.05, 3.63) is 54.1 Å². The molecule has 1 atom stereocenters. The summed E-state index contributed by atoms with van der Waals surface area (Å²) in [4.78, 5) is 11.4. The molecule has 3 rings (SSSR count). The average molecular weight is 301 g/mol. The highest BCUT2D eigenvalue weighted by molar-refractivity contribution is 5.72. The summed E-state index contributed by atoms with van der Waals surface area (Å²) in [5, 5.41) is 2.38. The van der Waals surface area contributed by atoms with Gasteiger partial charge in [-0.3, -0.25) is 0 Å². The fourth-order valence-corrected chi connectivity index (χ4v) is 2.17. The second kappa shape index (κ2) is 5.57. The van der Waals surface area contributed by atoms with E-state index in [9.17, 15) is 4.79 Å². The van der Waals surface area contributed by atoms with Gasteiger partial charge in [-0.25, -0.2) is 4.79 Å². The van der Waals surface area contributed by atoms with Gasteiger partial charge in [0.25, 0.3) is 0 Å². The Bertz CT molecular complexity index is 688. The number of rotatable bonds is 3. The summed E-state index contributed by atoms with van der Waals surface area (Å²) in [5.41, 5.74) is 0.694. The predicted molar refractivity (Wildman–Crippen MR) is 77.9 cm³/mol. The molecule has 1 aliphatic rings. The van der Waals surface area contributed by atoms with Crippen molar-refractivity contribution in [2.75, 3.05) is 14.2 Å². The molecule has 22 heavy (non-hydrogen) atoms. The summed E-state index contributed by atoms with van der Waals surface area (Å²) in [5.74, 6) is -0.387. The van der Waals surface area contributed by atoms with Gasteiger partial charge >= 0.3 is 12.1 Å². The Kier molecular flexibility index (Phi) is 3.60. The molecule has 2 aromatic carbocycles. The molecule has 0 aliphatic carbocycles. The van der Waals surface area contributed by atoms with Crippen molar-refractivity contribution in [1.29, 1.82) is 0 Å². The lowest BCUT2D eigenvalue weighted by molar-refractivity contribution is -0.279. The Hall–Kier alpha value is -2.73. The fraction of sp³-hybridized carbons (Fsp3) is 0.188. The molecule has 1 heterocycles. The molecule has 6 nitrogen and oxygen atoms in total. The van der Waals surface area contributed by atoms with E-state index in [1.165, 1.54) is 14.2 Å². The lowest BCUT2D eigenvalue weighted by Gasteiger charge is -2.25. The Balaban J connectivity index is 1.97. The number of methoxy groups -OCH3 is 1. The highest BCUT2D eigenvalue weighted by atomic mass is 16.9. The van der Waals surface area contributed by atoms with Crippen molar-refractivity contribution < 1.29 is 23.7 Å². The quantitative estimate of drug-likeness (QED) is 0.944. The number of carbonyl (C=O) groups is 1. The van der Waals surface area contributed by atoms with E-state index in [4.69, 9.17) is 18.9 Å². The summed E-state index contributed by atoms with van der Waals surface area (Å²) >= 11 is 0. The molecular weight excluding hydrogens is 286 g/mol. The number of carbonyl (C=O) groups excluding carboxylic acids is 1. The van der Waals surface area contributed by atoms with E-state index < -0.39 is 12.1 Å². The Morgan fingerprint density at radius 3 is 2.55 bits per heavy atom.